The number of hydrogen-bond acceptors (Lipinski definition) is 4. The second-order valence-electron chi connectivity index (χ2n) is 5.63. The molecule has 120 valence electrons. The number of nitrogens with one attached hydrogen (secondary N) is 1. The third-order valence-electron chi connectivity index (χ3n) is 4.35. The summed E-state index contributed by atoms with van der Waals surface area (Å²) in [4.78, 5) is 0.140. The smallest absolute Gasteiger partial charge is 0.242 e. The van der Waals surface area contributed by atoms with Crippen LogP contribution >= 0.6 is 0 Å². The van der Waals surface area contributed by atoms with Crippen molar-refractivity contribution in [3.63, 3.8) is 0 Å². The molecule has 1 aromatic rings. The van der Waals surface area contributed by atoms with Crippen LogP contribution in [0.25, 0.3) is 0 Å². The van der Waals surface area contributed by atoms with Crippen molar-refractivity contribution in [3.8, 4) is 0 Å². The fraction of sp³-hybridized carbons (Fsp3) is 0.600. The summed E-state index contributed by atoms with van der Waals surface area (Å²) in [5, 5.41) is 9.54. The van der Waals surface area contributed by atoms with E-state index in [0.717, 1.165) is 5.56 Å². The molecule has 5 nitrogen and oxygen atoms in total. The Hall–Kier alpha value is -1.11. The zero-order valence-corrected chi connectivity index (χ0v) is 14.0. The van der Waals surface area contributed by atoms with E-state index in [2.05, 4.69) is 4.72 Å². The second kappa shape index (κ2) is 6.77. The molecule has 0 amide bonds. The highest BCUT2D eigenvalue weighted by atomic mass is 32.2. The minimum absolute atomic E-state index is 0.0508. The van der Waals surface area contributed by atoms with Crippen LogP contribution in [0.1, 0.15) is 37.8 Å². The number of anilines is 1. The molecule has 0 heterocycles. The normalized spacial score (nSPS) is 12.6. The van der Waals surface area contributed by atoms with Crippen LogP contribution in [0.5, 0.6) is 0 Å². The van der Waals surface area contributed by atoms with Gasteiger partial charge in [0, 0.05) is 18.6 Å². The van der Waals surface area contributed by atoms with Gasteiger partial charge in [0.1, 0.15) is 4.90 Å². The maximum atomic E-state index is 12.5. The first-order valence-electron chi connectivity index (χ1n) is 7.19. The van der Waals surface area contributed by atoms with Crippen LogP contribution in [0, 0.1) is 19.3 Å². The lowest BCUT2D eigenvalue weighted by Gasteiger charge is -2.29. The Morgan fingerprint density at radius 2 is 1.71 bits per heavy atom. The summed E-state index contributed by atoms with van der Waals surface area (Å²) in [6.07, 6.45) is 1.40. The van der Waals surface area contributed by atoms with Crippen LogP contribution in [-0.2, 0) is 10.0 Å². The summed E-state index contributed by atoms with van der Waals surface area (Å²) in [5.74, 6) is 0. The predicted octanol–water partition coefficient (Wildman–Crippen LogP) is 1.96. The lowest BCUT2D eigenvalue weighted by Crippen LogP contribution is -2.39. The number of aryl methyl sites for hydroxylation is 2. The molecule has 0 saturated heterocycles. The van der Waals surface area contributed by atoms with Crippen LogP contribution in [0.2, 0.25) is 0 Å². The average Bonchev–Trinajstić information content (AvgIpc) is 2.45. The van der Waals surface area contributed by atoms with Gasteiger partial charge in [-0.3, -0.25) is 0 Å². The molecule has 0 aliphatic carbocycles. The van der Waals surface area contributed by atoms with Crippen LogP contribution in [0.4, 0.5) is 5.69 Å². The molecular weight excluding hydrogens is 288 g/mol. The molecule has 0 bridgehead atoms. The lowest BCUT2D eigenvalue weighted by molar-refractivity contribution is 0.119. The number of hydrogen-bond donors (Lipinski definition) is 3. The van der Waals surface area contributed by atoms with Crippen molar-refractivity contribution in [1.82, 2.24) is 4.72 Å². The van der Waals surface area contributed by atoms with E-state index in [1.807, 2.05) is 13.8 Å². The minimum atomic E-state index is -3.69. The third kappa shape index (κ3) is 3.75. The highest BCUT2D eigenvalue weighted by molar-refractivity contribution is 7.89. The Morgan fingerprint density at radius 3 is 2.19 bits per heavy atom. The van der Waals surface area contributed by atoms with Gasteiger partial charge in [-0.05, 0) is 37.8 Å². The van der Waals surface area contributed by atoms with E-state index >= 15 is 0 Å². The van der Waals surface area contributed by atoms with E-state index in [1.54, 1.807) is 26.0 Å². The maximum absolute atomic E-state index is 12.5. The van der Waals surface area contributed by atoms with Crippen molar-refractivity contribution >= 4 is 15.7 Å². The van der Waals surface area contributed by atoms with Crippen molar-refractivity contribution in [2.24, 2.45) is 5.41 Å². The van der Waals surface area contributed by atoms with Crippen molar-refractivity contribution in [3.05, 3.63) is 23.3 Å². The van der Waals surface area contributed by atoms with Crippen molar-refractivity contribution < 1.29 is 13.5 Å². The molecule has 6 heteroatoms. The van der Waals surface area contributed by atoms with E-state index < -0.39 is 15.4 Å². The predicted molar refractivity (Wildman–Crippen MR) is 85.6 cm³/mol. The molecule has 0 radical (unpaired) electrons. The Labute approximate surface area is 127 Å². The SMILES string of the molecule is CCC(CC)(CO)CNS(=O)(=O)c1c(C)ccc(C)c1N. The number of benzene rings is 1. The highest BCUT2D eigenvalue weighted by Gasteiger charge is 2.29. The molecule has 1 aromatic carbocycles. The van der Waals surface area contributed by atoms with Gasteiger partial charge in [0.2, 0.25) is 10.0 Å². The first-order valence-corrected chi connectivity index (χ1v) is 8.67. The van der Waals surface area contributed by atoms with Gasteiger partial charge in [-0.15, -0.1) is 0 Å². The molecule has 0 aliphatic heterocycles. The van der Waals surface area contributed by atoms with Gasteiger partial charge in [-0.1, -0.05) is 26.0 Å². The number of aliphatic hydroxyl groups is 1. The van der Waals surface area contributed by atoms with Gasteiger partial charge >= 0.3 is 0 Å². The fourth-order valence-corrected chi connectivity index (χ4v) is 3.85. The molecule has 0 saturated carbocycles. The molecular formula is C15H26N2O3S. The molecule has 0 unspecified atom stereocenters. The van der Waals surface area contributed by atoms with Crippen LogP contribution < -0.4 is 10.5 Å². The Morgan fingerprint density at radius 1 is 1.19 bits per heavy atom. The maximum Gasteiger partial charge on any atom is 0.242 e. The van der Waals surface area contributed by atoms with Gasteiger partial charge in [0.05, 0.1) is 5.69 Å². The summed E-state index contributed by atoms with van der Waals surface area (Å²) in [7, 11) is -3.69. The number of nitrogen functional groups attached to an aromatic ring is 1. The first-order chi connectivity index (χ1) is 9.73. The highest BCUT2D eigenvalue weighted by Crippen LogP contribution is 2.28. The number of aliphatic hydroxyl groups excluding tert-OH is 1. The number of nitrogens with two attached hydrogens (primary N) is 1. The van der Waals surface area contributed by atoms with Gasteiger partial charge in [0.15, 0.2) is 0 Å². The van der Waals surface area contributed by atoms with E-state index in [0.29, 0.717) is 18.4 Å². The average molecular weight is 314 g/mol. The molecule has 0 aliphatic rings. The number of sulfonamides is 1. The third-order valence-corrected chi connectivity index (χ3v) is 5.96. The van der Waals surface area contributed by atoms with Crippen molar-refractivity contribution in [2.75, 3.05) is 18.9 Å². The monoisotopic (exact) mass is 314 g/mol. The summed E-state index contributed by atoms with van der Waals surface area (Å²) in [5.41, 5.74) is 7.14. The van der Waals surface area contributed by atoms with Gasteiger partial charge in [0.25, 0.3) is 0 Å². The molecule has 0 fully saturated rings. The molecule has 21 heavy (non-hydrogen) atoms. The zero-order chi connectivity index (χ0) is 16.3. The Bertz CT molecular complexity index is 585. The van der Waals surface area contributed by atoms with Crippen molar-refractivity contribution in [1.29, 1.82) is 0 Å². The quantitative estimate of drug-likeness (QED) is 0.671. The van der Waals surface area contributed by atoms with Crippen molar-refractivity contribution in [2.45, 2.75) is 45.4 Å². The zero-order valence-electron chi connectivity index (χ0n) is 13.2. The second-order valence-corrected chi connectivity index (χ2v) is 7.34. The van der Waals surface area contributed by atoms with Gasteiger partial charge in [-0.2, -0.15) is 0 Å². The molecule has 1 rings (SSSR count). The summed E-state index contributed by atoms with van der Waals surface area (Å²) < 4.78 is 27.7. The lowest BCUT2D eigenvalue weighted by atomic mass is 9.84. The topological polar surface area (TPSA) is 92.4 Å². The standard InChI is InChI=1S/C15H26N2O3S/c1-5-15(6-2,10-18)9-17-21(19,20)14-12(4)8-7-11(3)13(14)16/h7-8,17-18H,5-6,9-10,16H2,1-4H3. The van der Waals surface area contributed by atoms with E-state index in [-0.39, 0.29) is 23.7 Å². The minimum Gasteiger partial charge on any atom is -0.397 e. The first kappa shape index (κ1) is 17.9. The molecule has 0 spiro atoms. The Balaban J connectivity index is 3.12. The molecule has 0 aromatic heterocycles. The van der Waals surface area contributed by atoms with E-state index in [9.17, 15) is 13.5 Å². The molecule has 4 N–H and O–H groups in total. The van der Waals surface area contributed by atoms with Gasteiger partial charge < -0.3 is 10.8 Å². The summed E-state index contributed by atoms with van der Waals surface area (Å²) >= 11 is 0. The number of rotatable bonds is 7. The fourth-order valence-electron chi connectivity index (χ4n) is 2.26. The largest absolute Gasteiger partial charge is 0.397 e. The van der Waals surface area contributed by atoms with Gasteiger partial charge in [-0.25, -0.2) is 13.1 Å². The van der Waals surface area contributed by atoms with E-state index in [1.165, 1.54) is 0 Å². The summed E-state index contributed by atoms with van der Waals surface area (Å²) in [6.45, 7) is 7.55. The van der Waals surface area contributed by atoms with E-state index in [4.69, 9.17) is 5.73 Å². The summed E-state index contributed by atoms with van der Waals surface area (Å²) in [6, 6.07) is 3.55. The van der Waals surface area contributed by atoms with Crippen LogP contribution in [-0.4, -0.2) is 26.7 Å². The van der Waals surface area contributed by atoms with Crippen LogP contribution in [0.3, 0.4) is 0 Å². The van der Waals surface area contributed by atoms with Crippen LogP contribution in [0.15, 0.2) is 17.0 Å². The molecule has 0 atom stereocenters. The Kier molecular flexibility index (Phi) is 5.78.